The monoisotopic (exact) mass is 176 g/mol. The number of hydrogen-bond donors (Lipinski definition) is 1. The number of thiol groups is 1. The molecule has 0 aliphatic heterocycles. The molecule has 5 heteroatoms. The molecule has 0 bridgehead atoms. The molecule has 0 radical (unpaired) electrons. The molecule has 2 nitrogen and oxygen atoms in total. The van der Waals surface area contributed by atoms with Gasteiger partial charge >= 0.3 is 0 Å². The second-order valence-corrected chi connectivity index (χ2v) is 6.74. The fourth-order valence-electron chi connectivity index (χ4n) is 0. The van der Waals surface area contributed by atoms with E-state index in [-0.39, 0.29) is 0 Å². The first-order valence-corrected chi connectivity index (χ1v) is 5.05. The third-order valence-corrected chi connectivity index (χ3v) is 0. The highest BCUT2D eigenvalue weighted by atomic mass is 79.9. The summed E-state index contributed by atoms with van der Waals surface area (Å²) in [6.07, 6.45) is 0. The van der Waals surface area contributed by atoms with Gasteiger partial charge in [-0.3, -0.25) is 0 Å². The van der Waals surface area contributed by atoms with Crippen LogP contribution in [0.15, 0.2) is 0 Å². The first-order valence-electron chi connectivity index (χ1n) is 0.670. The molecule has 0 aliphatic rings. The lowest BCUT2D eigenvalue weighted by Crippen LogP contribution is -1.62. The third kappa shape index (κ3) is 60.7. The van der Waals surface area contributed by atoms with Gasteiger partial charge in [0.2, 0.25) is 0 Å². The van der Waals surface area contributed by atoms with E-state index < -0.39 is 7.30 Å². The Hall–Kier alpha value is 0.780. The maximum absolute atomic E-state index is 9.41. The summed E-state index contributed by atoms with van der Waals surface area (Å²) in [5, 5.41) is 0. The van der Waals surface area contributed by atoms with E-state index in [0.717, 1.165) is 0 Å². The molecule has 0 amide bonds. The largest absolute Gasteiger partial charge is 0.258 e. The van der Waals surface area contributed by atoms with Crippen molar-refractivity contribution in [1.82, 2.24) is 0 Å². The normalized spacial score (nSPS) is 11.6. The molecular formula is HBrO2S2. The van der Waals surface area contributed by atoms with E-state index >= 15 is 0 Å². The first kappa shape index (κ1) is 5.78. The summed E-state index contributed by atoms with van der Waals surface area (Å²) in [6, 6.07) is 0. The number of rotatable bonds is 0. The lowest BCUT2D eigenvalue weighted by atomic mass is 15.9. The van der Waals surface area contributed by atoms with Crippen LogP contribution >= 0.6 is 26.5 Å². The van der Waals surface area contributed by atoms with Gasteiger partial charge < -0.3 is 0 Å². The Morgan fingerprint density at radius 2 is 1.60 bits per heavy atom. The van der Waals surface area contributed by atoms with Crippen LogP contribution in [0.25, 0.3) is 0 Å². The molecule has 5 heavy (non-hydrogen) atoms. The average molecular weight is 177 g/mol. The van der Waals surface area contributed by atoms with Crippen molar-refractivity contribution >= 4 is 33.8 Å². The van der Waals surface area contributed by atoms with Gasteiger partial charge in [0, 0.05) is 0 Å². The maximum Gasteiger partial charge on any atom is 0.258 e. The van der Waals surface area contributed by atoms with Crippen LogP contribution in [-0.4, -0.2) is 8.42 Å². The number of hydrogen-bond acceptors (Lipinski definition) is 2. The molecule has 0 aromatic rings. The Labute approximate surface area is 42.5 Å². The highest BCUT2D eigenvalue weighted by Gasteiger charge is 1.84. The van der Waals surface area contributed by atoms with E-state index in [4.69, 9.17) is 0 Å². The van der Waals surface area contributed by atoms with Gasteiger partial charge in [-0.05, 0) is 11.7 Å². The van der Waals surface area contributed by atoms with Crippen LogP contribution in [0, 0.1) is 0 Å². The molecule has 32 valence electrons. The van der Waals surface area contributed by atoms with Gasteiger partial charge in [0.1, 0.15) is 0 Å². The minimum absolute atomic E-state index is 2.21. The second-order valence-electron chi connectivity index (χ2n) is 0.412. The Morgan fingerprint density at radius 1 is 1.60 bits per heavy atom. The molecule has 0 aromatic carbocycles. The summed E-state index contributed by atoms with van der Waals surface area (Å²) in [4.78, 5) is 0. The lowest BCUT2D eigenvalue weighted by molar-refractivity contribution is 0.624. The minimum atomic E-state index is -3.16. The molecule has 0 unspecified atom stereocenters. The standard InChI is InChI=1S/BrHO2S2/c1-5(2,3)4/h(H,2,3,4). The summed E-state index contributed by atoms with van der Waals surface area (Å²) in [6.45, 7) is 0. The summed E-state index contributed by atoms with van der Waals surface area (Å²) >= 11 is 5.22. The van der Waals surface area contributed by atoms with Gasteiger partial charge in [-0.15, -0.1) is 0 Å². The fourth-order valence-corrected chi connectivity index (χ4v) is 0. The van der Waals surface area contributed by atoms with Crippen molar-refractivity contribution in [3.05, 3.63) is 0 Å². The first-order chi connectivity index (χ1) is 2.00. The average Bonchev–Trinajstić information content (AvgIpc) is 0.722. The molecule has 0 heterocycles. The van der Waals surface area contributed by atoms with Crippen molar-refractivity contribution in [2.75, 3.05) is 0 Å². The smallest absolute Gasteiger partial charge is 0.206 e. The Bertz CT molecular complexity index is 90.8. The van der Waals surface area contributed by atoms with Crippen LogP contribution in [0.1, 0.15) is 0 Å². The predicted octanol–water partition coefficient (Wildman–Crippen LogP) is 0.556. The van der Waals surface area contributed by atoms with Crippen molar-refractivity contribution in [1.29, 1.82) is 0 Å². The Morgan fingerprint density at radius 3 is 1.60 bits per heavy atom. The quantitative estimate of drug-likeness (QED) is 0.333. The zero-order valence-electron chi connectivity index (χ0n) is 2.05. The highest BCUT2D eigenvalue weighted by molar-refractivity contribution is 9.56. The Balaban J connectivity index is 4.06. The van der Waals surface area contributed by atoms with Crippen molar-refractivity contribution in [3.8, 4) is 0 Å². The predicted molar refractivity (Wildman–Crippen MR) is 26.8 cm³/mol. The molecule has 0 rings (SSSR count). The van der Waals surface area contributed by atoms with Crippen molar-refractivity contribution in [3.63, 3.8) is 0 Å². The molecule has 0 atom stereocenters. The zero-order chi connectivity index (χ0) is 4.50. The van der Waals surface area contributed by atoms with E-state index in [1.54, 1.807) is 0 Å². The van der Waals surface area contributed by atoms with E-state index in [9.17, 15) is 8.42 Å². The van der Waals surface area contributed by atoms with Gasteiger partial charge in [0.05, 0.1) is 14.8 Å². The van der Waals surface area contributed by atoms with E-state index in [1.165, 1.54) is 0 Å². The molecule has 0 spiro atoms. The number of halogens is 1. The van der Waals surface area contributed by atoms with Gasteiger partial charge in [-0.2, -0.15) is 0 Å². The maximum atomic E-state index is 9.41. The zero-order valence-corrected chi connectivity index (χ0v) is 5.35. The summed E-state index contributed by atoms with van der Waals surface area (Å²) in [5.41, 5.74) is 0. The van der Waals surface area contributed by atoms with Crippen LogP contribution in [0.4, 0.5) is 0 Å². The molecule has 0 aromatic heterocycles. The second kappa shape index (κ2) is 1.49. The van der Waals surface area contributed by atoms with E-state index in [0.29, 0.717) is 0 Å². The molecule has 0 saturated heterocycles. The molecule has 0 fully saturated rings. The van der Waals surface area contributed by atoms with Crippen molar-refractivity contribution in [2.24, 2.45) is 0 Å². The van der Waals surface area contributed by atoms with E-state index in [1.807, 2.05) is 0 Å². The van der Waals surface area contributed by atoms with Gasteiger partial charge in [0.25, 0.3) is 7.30 Å². The molecule has 0 saturated carbocycles. The summed E-state index contributed by atoms with van der Waals surface area (Å²) in [5.74, 6) is 0. The van der Waals surface area contributed by atoms with Crippen LogP contribution in [0.2, 0.25) is 0 Å². The summed E-state index contributed by atoms with van der Waals surface area (Å²) in [7, 11) is -3.16. The SMILES string of the molecule is O=S(=O)(S)Br. The van der Waals surface area contributed by atoms with Crippen molar-refractivity contribution < 1.29 is 8.42 Å². The lowest BCUT2D eigenvalue weighted by Gasteiger charge is -1.64. The van der Waals surface area contributed by atoms with Gasteiger partial charge in [-0.1, -0.05) is 0 Å². The van der Waals surface area contributed by atoms with Crippen molar-refractivity contribution in [2.45, 2.75) is 0 Å². The molecular weight excluding hydrogens is 176 g/mol. The minimum Gasteiger partial charge on any atom is -0.206 e. The molecule has 0 aliphatic carbocycles. The Kier molecular flexibility index (Phi) is 1.72. The van der Waals surface area contributed by atoms with E-state index in [2.05, 4.69) is 26.5 Å². The van der Waals surface area contributed by atoms with Crippen LogP contribution < -0.4 is 0 Å². The third-order valence-electron chi connectivity index (χ3n) is 0. The van der Waals surface area contributed by atoms with Gasteiger partial charge in [-0.25, -0.2) is 8.42 Å². The van der Waals surface area contributed by atoms with Crippen LogP contribution in [0.5, 0.6) is 0 Å². The topological polar surface area (TPSA) is 34.1 Å². The highest BCUT2D eigenvalue weighted by Crippen LogP contribution is 2.01. The fraction of sp³-hybridized carbons (Fsp3) is 0. The van der Waals surface area contributed by atoms with Crippen LogP contribution in [-0.2, 0) is 7.30 Å². The summed E-state index contributed by atoms with van der Waals surface area (Å²) < 4.78 is 18.8. The van der Waals surface area contributed by atoms with Gasteiger partial charge in [0.15, 0.2) is 0 Å². The van der Waals surface area contributed by atoms with Crippen LogP contribution in [0.3, 0.4) is 0 Å². The molecule has 0 N–H and O–H groups in total.